The Hall–Kier alpha value is -1.86. The van der Waals surface area contributed by atoms with Crippen molar-refractivity contribution in [1.29, 1.82) is 0 Å². The first kappa shape index (κ1) is 19.9. The van der Waals surface area contributed by atoms with Crippen LogP contribution >= 0.6 is 23.2 Å². The summed E-state index contributed by atoms with van der Waals surface area (Å²) in [5, 5.41) is 0.833. The van der Waals surface area contributed by atoms with Crippen molar-refractivity contribution in [2.24, 2.45) is 0 Å². The summed E-state index contributed by atoms with van der Waals surface area (Å²) in [6.07, 6.45) is 1.58. The van der Waals surface area contributed by atoms with Gasteiger partial charge in [0.05, 0.1) is 23.1 Å². The van der Waals surface area contributed by atoms with Gasteiger partial charge in [0.1, 0.15) is 0 Å². The van der Waals surface area contributed by atoms with E-state index in [-0.39, 0.29) is 23.6 Å². The second kappa shape index (κ2) is 8.02. The second-order valence-electron chi connectivity index (χ2n) is 5.87. The van der Waals surface area contributed by atoms with E-state index in [4.69, 9.17) is 27.9 Å². The standard InChI is InChI=1S/C19H17Cl2NO4S/c1-2-26-19(23)17-10-11-22(18(17)13-6-8-14(20)9-7-13)27(24,25)16-5-3-4-15(21)12-16/h3-10,12,18H,2,11H2,1H3. The molecule has 0 spiro atoms. The first-order valence-electron chi connectivity index (χ1n) is 8.24. The molecule has 1 aliphatic heterocycles. The van der Waals surface area contributed by atoms with Gasteiger partial charge in [-0.1, -0.05) is 47.5 Å². The number of sulfonamides is 1. The number of carbonyl (C=O) groups is 1. The summed E-state index contributed by atoms with van der Waals surface area (Å²) < 4.78 is 32.8. The highest BCUT2D eigenvalue weighted by Crippen LogP contribution is 2.38. The Bertz CT molecular complexity index is 987. The van der Waals surface area contributed by atoms with Crippen LogP contribution in [0.15, 0.2) is 65.1 Å². The highest BCUT2D eigenvalue weighted by Gasteiger charge is 2.41. The van der Waals surface area contributed by atoms with Crippen LogP contribution in [-0.2, 0) is 19.6 Å². The van der Waals surface area contributed by atoms with Crippen LogP contribution in [0, 0.1) is 0 Å². The van der Waals surface area contributed by atoms with Crippen LogP contribution in [0.1, 0.15) is 18.5 Å². The number of benzene rings is 2. The van der Waals surface area contributed by atoms with Crippen molar-refractivity contribution in [3.05, 3.63) is 75.8 Å². The molecule has 27 heavy (non-hydrogen) atoms. The molecule has 3 rings (SSSR count). The fourth-order valence-corrected chi connectivity index (χ4v) is 4.92. The third-order valence-electron chi connectivity index (χ3n) is 4.17. The minimum Gasteiger partial charge on any atom is -0.463 e. The summed E-state index contributed by atoms with van der Waals surface area (Å²) in [7, 11) is -3.89. The van der Waals surface area contributed by atoms with E-state index in [2.05, 4.69) is 0 Å². The fourth-order valence-electron chi connectivity index (χ4n) is 2.96. The molecule has 0 bridgehead atoms. The molecule has 1 heterocycles. The number of halogens is 2. The molecule has 5 nitrogen and oxygen atoms in total. The molecule has 1 atom stereocenters. The summed E-state index contributed by atoms with van der Waals surface area (Å²) >= 11 is 11.9. The Labute approximate surface area is 168 Å². The lowest BCUT2D eigenvalue weighted by atomic mass is 10.0. The quantitative estimate of drug-likeness (QED) is 0.672. The molecule has 1 aliphatic rings. The first-order chi connectivity index (χ1) is 12.8. The number of nitrogens with zero attached hydrogens (tertiary/aromatic N) is 1. The fraction of sp³-hybridized carbons (Fsp3) is 0.211. The molecule has 0 saturated carbocycles. The zero-order valence-electron chi connectivity index (χ0n) is 14.4. The molecule has 1 unspecified atom stereocenters. The van der Waals surface area contributed by atoms with Crippen molar-refractivity contribution in [3.63, 3.8) is 0 Å². The third-order valence-corrected chi connectivity index (χ3v) is 6.49. The maximum absolute atomic E-state index is 13.2. The smallest absolute Gasteiger partial charge is 0.335 e. The predicted molar refractivity (Wildman–Crippen MR) is 104 cm³/mol. The number of hydrogen-bond donors (Lipinski definition) is 0. The van der Waals surface area contributed by atoms with Crippen molar-refractivity contribution < 1.29 is 17.9 Å². The van der Waals surface area contributed by atoms with Gasteiger partial charge in [-0.3, -0.25) is 0 Å². The molecule has 0 radical (unpaired) electrons. The minimum absolute atomic E-state index is 0.0519. The maximum atomic E-state index is 13.2. The molecule has 8 heteroatoms. The number of rotatable bonds is 5. The van der Waals surface area contributed by atoms with Crippen LogP contribution in [0.2, 0.25) is 10.0 Å². The van der Waals surface area contributed by atoms with Gasteiger partial charge in [-0.2, -0.15) is 4.31 Å². The van der Waals surface area contributed by atoms with Gasteiger partial charge in [-0.15, -0.1) is 0 Å². The number of hydrogen-bond acceptors (Lipinski definition) is 4. The van der Waals surface area contributed by atoms with Crippen LogP contribution in [0.25, 0.3) is 0 Å². The van der Waals surface area contributed by atoms with E-state index in [1.165, 1.54) is 16.4 Å². The van der Waals surface area contributed by atoms with Gasteiger partial charge >= 0.3 is 5.97 Å². The number of esters is 1. The zero-order chi connectivity index (χ0) is 19.6. The molecule has 142 valence electrons. The molecule has 0 amide bonds. The topological polar surface area (TPSA) is 63.7 Å². The predicted octanol–water partition coefficient (Wildman–Crippen LogP) is 4.23. The van der Waals surface area contributed by atoms with Gasteiger partial charge in [-0.25, -0.2) is 13.2 Å². The summed E-state index contributed by atoms with van der Waals surface area (Å²) in [4.78, 5) is 12.5. The molecule has 0 aliphatic carbocycles. The van der Waals surface area contributed by atoms with E-state index in [9.17, 15) is 13.2 Å². The molecule has 2 aromatic rings. The first-order valence-corrected chi connectivity index (χ1v) is 10.4. The van der Waals surface area contributed by atoms with Crippen LogP contribution < -0.4 is 0 Å². The Morgan fingerprint density at radius 1 is 1.15 bits per heavy atom. The molecule has 0 N–H and O–H groups in total. The van der Waals surface area contributed by atoms with Crippen molar-refractivity contribution in [1.82, 2.24) is 4.31 Å². The van der Waals surface area contributed by atoms with Crippen LogP contribution in [0.4, 0.5) is 0 Å². The van der Waals surface area contributed by atoms with E-state index >= 15 is 0 Å². The highest BCUT2D eigenvalue weighted by molar-refractivity contribution is 7.89. The average Bonchev–Trinajstić information content (AvgIpc) is 3.08. The average molecular weight is 426 g/mol. The molecule has 0 fully saturated rings. The number of carbonyl (C=O) groups excluding carboxylic acids is 1. The van der Waals surface area contributed by atoms with Gasteiger partial charge in [0.15, 0.2) is 0 Å². The second-order valence-corrected chi connectivity index (χ2v) is 8.63. The Balaban J connectivity index is 2.06. The maximum Gasteiger partial charge on any atom is 0.335 e. The summed E-state index contributed by atoms with van der Waals surface area (Å²) in [6, 6.07) is 11.9. The summed E-state index contributed by atoms with van der Waals surface area (Å²) in [5.74, 6) is -0.541. The van der Waals surface area contributed by atoms with E-state index in [1.54, 1.807) is 49.4 Å². The van der Waals surface area contributed by atoms with E-state index in [0.717, 1.165) is 0 Å². The molecular formula is C19H17Cl2NO4S. The van der Waals surface area contributed by atoms with Gasteiger partial charge in [0.25, 0.3) is 0 Å². The Morgan fingerprint density at radius 3 is 2.48 bits per heavy atom. The van der Waals surface area contributed by atoms with Gasteiger partial charge < -0.3 is 4.74 Å². The van der Waals surface area contributed by atoms with E-state index in [1.807, 2.05) is 0 Å². The minimum atomic E-state index is -3.89. The summed E-state index contributed by atoms with van der Waals surface area (Å²) in [5.41, 5.74) is 0.909. The van der Waals surface area contributed by atoms with Crippen LogP contribution in [0.5, 0.6) is 0 Å². The molecule has 0 saturated heterocycles. The van der Waals surface area contributed by atoms with E-state index < -0.39 is 22.0 Å². The lowest BCUT2D eigenvalue weighted by Gasteiger charge is -2.26. The molecule has 2 aromatic carbocycles. The van der Waals surface area contributed by atoms with Gasteiger partial charge in [-0.05, 0) is 42.8 Å². The largest absolute Gasteiger partial charge is 0.463 e. The SMILES string of the molecule is CCOC(=O)C1=CCN(S(=O)(=O)c2cccc(Cl)c2)C1c1ccc(Cl)cc1. The van der Waals surface area contributed by atoms with Gasteiger partial charge in [0.2, 0.25) is 10.0 Å². The van der Waals surface area contributed by atoms with Crippen molar-refractivity contribution in [3.8, 4) is 0 Å². The Morgan fingerprint density at radius 2 is 1.85 bits per heavy atom. The molecular weight excluding hydrogens is 409 g/mol. The van der Waals surface area contributed by atoms with Gasteiger partial charge in [0, 0.05) is 16.6 Å². The normalized spacial score (nSPS) is 17.6. The van der Waals surface area contributed by atoms with Crippen molar-refractivity contribution >= 4 is 39.2 Å². The lowest BCUT2D eigenvalue weighted by Crippen LogP contribution is -2.33. The lowest BCUT2D eigenvalue weighted by molar-refractivity contribution is -0.138. The van der Waals surface area contributed by atoms with Crippen LogP contribution in [-0.4, -0.2) is 31.8 Å². The zero-order valence-corrected chi connectivity index (χ0v) is 16.8. The molecule has 0 aromatic heterocycles. The van der Waals surface area contributed by atoms with Crippen molar-refractivity contribution in [2.45, 2.75) is 17.9 Å². The van der Waals surface area contributed by atoms with E-state index in [0.29, 0.717) is 15.6 Å². The van der Waals surface area contributed by atoms with Crippen molar-refractivity contribution in [2.75, 3.05) is 13.2 Å². The number of ether oxygens (including phenoxy) is 1. The monoisotopic (exact) mass is 425 g/mol. The van der Waals surface area contributed by atoms with Crippen LogP contribution in [0.3, 0.4) is 0 Å². The third kappa shape index (κ3) is 4.04. The summed E-state index contributed by atoms with van der Waals surface area (Å²) in [6.45, 7) is 1.95. The highest BCUT2D eigenvalue weighted by atomic mass is 35.5. The Kier molecular flexibility index (Phi) is 5.91.